The van der Waals surface area contributed by atoms with Crippen molar-refractivity contribution < 1.29 is 18.0 Å². The monoisotopic (exact) mass is 299 g/mol. The van der Waals surface area contributed by atoms with Crippen LogP contribution >= 0.6 is 0 Å². The van der Waals surface area contributed by atoms with Crippen molar-refractivity contribution in [1.82, 2.24) is 10.3 Å². The van der Waals surface area contributed by atoms with Crippen LogP contribution in [0, 0.1) is 11.8 Å². The van der Waals surface area contributed by atoms with Gasteiger partial charge in [-0.25, -0.2) is 0 Å². The van der Waals surface area contributed by atoms with E-state index in [9.17, 15) is 18.0 Å². The van der Waals surface area contributed by atoms with E-state index in [1.165, 1.54) is 12.4 Å². The van der Waals surface area contributed by atoms with Gasteiger partial charge in [0.05, 0.1) is 12.1 Å². The van der Waals surface area contributed by atoms with Crippen LogP contribution in [0.25, 0.3) is 0 Å². The number of carbonyl (C=O) groups is 1. The molecule has 1 heterocycles. The maximum atomic E-state index is 11.9. The maximum absolute atomic E-state index is 11.9. The topological polar surface area (TPSA) is 68.0 Å². The van der Waals surface area contributed by atoms with Crippen LogP contribution in [0.2, 0.25) is 0 Å². The highest BCUT2D eigenvalue weighted by molar-refractivity contribution is 5.94. The first kappa shape index (κ1) is 17.0. The van der Waals surface area contributed by atoms with E-state index in [0.29, 0.717) is 11.1 Å². The van der Waals surface area contributed by atoms with Crippen LogP contribution in [0.15, 0.2) is 18.5 Å². The second kappa shape index (κ2) is 8.27. The van der Waals surface area contributed by atoms with Gasteiger partial charge in [-0.15, -0.1) is 0 Å². The summed E-state index contributed by atoms with van der Waals surface area (Å²) in [6.07, 6.45) is -1.85. The summed E-state index contributed by atoms with van der Waals surface area (Å²) in [6, 6.07) is 1.56. The van der Waals surface area contributed by atoms with Gasteiger partial charge in [0.1, 0.15) is 0 Å². The molecule has 4 nitrogen and oxygen atoms in total. The minimum Gasteiger partial charge on any atom is -0.352 e. The lowest BCUT2D eigenvalue weighted by atomic mass is 10.2. The van der Waals surface area contributed by atoms with Crippen molar-refractivity contribution in [2.24, 2.45) is 5.73 Å². The predicted octanol–water partition coefficient (Wildman–Crippen LogP) is 1.85. The van der Waals surface area contributed by atoms with Crippen LogP contribution in [-0.2, 0) is 0 Å². The van der Waals surface area contributed by atoms with Crippen LogP contribution in [0.1, 0.15) is 35.2 Å². The Morgan fingerprint density at radius 1 is 1.33 bits per heavy atom. The molecule has 0 atom stereocenters. The number of nitrogens with two attached hydrogens (primary N) is 1. The summed E-state index contributed by atoms with van der Waals surface area (Å²) in [6.45, 7) is 0.392. The number of unbranched alkanes of at least 4 members (excludes halogenated alkanes) is 1. The fraction of sp³-hybridized carbons (Fsp3) is 0.429. The molecule has 21 heavy (non-hydrogen) atoms. The van der Waals surface area contributed by atoms with Gasteiger partial charge in [0.25, 0.3) is 5.91 Å². The van der Waals surface area contributed by atoms with Gasteiger partial charge in [-0.05, 0) is 18.9 Å². The average molecular weight is 299 g/mol. The molecule has 0 aliphatic heterocycles. The first-order chi connectivity index (χ1) is 9.92. The van der Waals surface area contributed by atoms with Gasteiger partial charge >= 0.3 is 6.18 Å². The van der Waals surface area contributed by atoms with E-state index in [4.69, 9.17) is 5.73 Å². The zero-order valence-corrected chi connectivity index (χ0v) is 11.3. The summed E-state index contributed by atoms with van der Waals surface area (Å²) in [4.78, 5) is 15.7. The van der Waals surface area contributed by atoms with E-state index in [0.717, 1.165) is 0 Å². The summed E-state index contributed by atoms with van der Waals surface area (Å²) < 4.78 is 35.8. The van der Waals surface area contributed by atoms with Gasteiger partial charge in [-0.3, -0.25) is 9.78 Å². The number of hydrogen-bond acceptors (Lipinski definition) is 3. The Kier molecular flexibility index (Phi) is 6.69. The number of nitrogens with zero attached hydrogens (tertiary/aromatic N) is 1. The van der Waals surface area contributed by atoms with Crippen LogP contribution in [-0.4, -0.2) is 30.2 Å². The average Bonchev–Trinajstić information content (AvgIpc) is 2.43. The number of alkyl halides is 3. The molecule has 0 spiro atoms. The molecule has 114 valence electrons. The first-order valence-corrected chi connectivity index (χ1v) is 6.41. The third kappa shape index (κ3) is 7.32. The second-order valence-electron chi connectivity index (χ2n) is 4.30. The van der Waals surface area contributed by atoms with Crippen LogP contribution < -0.4 is 11.1 Å². The fourth-order valence-corrected chi connectivity index (χ4v) is 1.54. The van der Waals surface area contributed by atoms with Gasteiger partial charge in [0.15, 0.2) is 0 Å². The predicted molar refractivity (Wildman–Crippen MR) is 72.4 cm³/mol. The third-order valence-corrected chi connectivity index (χ3v) is 2.51. The highest BCUT2D eigenvalue weighted by atomic mass is 19.4. The number of rotatable bonds is 5. The summed E-state index contributed by atoms with van der Waals surface area (Å²) in [5, 5.41) is 2.55. The van der Waals surface area contributed by atoms with Gasteiger partial charge in [0, 0.05) is 30.9 Å². The molecule has 0 aromatic carbocycles. The summed E-state index contributed by atoms with van der Waals surface area (Å²) >= 11 is 0. The number of hydrogen-bond donors (Lipinski definition) is 2. The lowest BCUT2D eigenvalue weighted by molar-refractivity contribution is -0.135. The Morgan fingerprint density at radius 3 is 2.76 bits per heavy atom. The van der Waals surface area contributed by atoms with E-state index in [1.807, 2.05) is 0 Å². The largest absolute Gasteiger partial charge is 0.389 e. The molecule has 0 unspecified atom stereocenters. The molecule has 1 amide bonds. The van der Waals surface area contributed by atoms with E-state index in [2.05, 4.69) is 22.1 Å². The van der Waals surface area contributed by atoms with Crippen LogP contribution in [0.5, 0.6) is 0 Å². The number of pyridine rings is 1. The molecule has 0 bridgehead atoms. The standard InChI is InChI=1S/C14H16F3N3O/c15-14(16,17)5-1-2-7-20-13(21)12-8-11(4-3-6-18)9-19-10-12/h8-10H,1-2,5-7,18H2,(H,20,21). The highest BCUT2D eigenvalue weighted by Gasteiger charge is 2.25. The van der Waals surface area contributed by atoms with E-state index in [-0.39, 0.29) is 31.8 Å². The van der Waals surface area contributed by atoms with Gasteiger partial charge in [-0.1, -0.05) is 11.8 Å². The Labute approximate surface area is 120 Å². The van der Waals surface area contributed by atoms with Crippen molar-refractivity contribution in [3.05, 3.63) is 29.6 Å². The Bertz CT molecular complexity index is 532. The summed E-state index contributed by atoms with van der Waals surface area (Å²) in [5.41, 5.74) is 6.12. The summed E-state index contributed by atoms with van der Waals surface area (Å²) in [5.74, 6) is 5.01. The molecule has 0 saturated heterocycles. The molecule has 1 rings (SSSR count). The normalized spacial score (nSPS) is 10.7. The molecule has 0 aliphatic carbocycles. The van der Waals surface area contributed by atoms with Crippen molar-refractivity contribution in [3.8, 4) is 11.8 Å². The minimum atomic E-state index is -4.15. The maximum Gasteiger partial charge on any atom is 0.389 e. The third-order valence-electron chi connectivity index (χ3n) is 2.51. The Hall–Kier alpha value is -2.07. The van der Waals surface area contributed by atoms with E-state index in [1.54, 1.807) is 6.07 Å². The SMILES string of the molecule is NCC#Cc1cncc(C(=O)NCCCCC(F)(F)F)c1. The molecular formula is C14H16F3N3O. The van der Waals surface area contributed by atoms with E-state index >= 15 is 0 Å². The lowest BCUT2D eigenvalue weighted by Crippen LogP contribution is -2.25. The van der Waals surface area contributed by atoms with Crippen LogP contribution in [0.3, 0.4) is 0 Å². The van der Waals surface area contributed by atoms with Crippen molar-refractivity contribution >= 4 is 5.91 Å². The molecule has 0 fully saturated rings. The first-order valence-electron chi connectivity index (χ1n) is 6.41. The Balaban J connectivity index is 2.42. The van der Waals surface area contributed by atoms with Gasteiger partial charge in [-0.2, -0.15) is 13.2 Å². The zero-order valence-electron chi connectivity index (χ0n) is 11.3. The molecule has 0 saturated carbocycles. The number of carbonyl (C=O) groups excluding carboxylic acids is 1. The molecule has 3 N–H and O–H groups in total. The lowest BCUT2D eigenvalue weighted by Gasteiger charge is -2.07. The van der Waals surface area contributed by atoms with E-state index < -0.39 is 12.6 Å². The quantitative estimate of drug-likeness (QED) is 0.644. The second-order valence-corrected chi connectivity index (χ2v) is 4.30. The highest BCUT2D eigenvalue weighted by Crippen LogP contribution is 2.21. The number of amides is 1. The van der Waals surface area contributed by atoms with Gasteiger partial charge < -0.3 is 11.1 Å². The molecular weight excluding hydrogens is 283 g/mol. The van der Waals surface area contributed by atoms with Crippen molar-refractivity contribution in [2.45, 2.75) is 25.4 Å². The van der Waals surface area contributed by atoms with Crippen molar-refractivity contribution in [1.29, 1.82) is 0 Å². The molecule has 0 radical (unpaired) electrons. The smallest absolute Gasteiger partial charge is 0.352 e. The van der Waals surface area contributed by atoms with Gasteiger partial charge in [0.2, 0.25) is 0 Å². The number of halogens is 3. The fourth-order valence-electron chi connectivity index (χ4n) is 1.54. The minimum absolute atomic E-state index is 0.00988. The van der Waals surface area contributed by atoms with Crippen molar-refractivity contribution in [2.75, 3.05) is 13.1 Å². The Morgan fingerprint density at radius 2 is 2.10 bits per heavy atom. The molecule has 7 heteroatoms. The molecule has 1 aromatic heterocycles. The number of aromatic nitrogens is 1. The van der Waals surface area contributed by atoms with Crippen LogP contribution in [0.4, 0.5) is 13.2 Å². The van der Waals surface area contributed by atoms with Crippen molar-refractivity contribution in [3.63, 3.8) is 0 Å². The summed E-state index contributed by atoms with van der Waals surface area (Å²) in [7, 11) is 0. The molecule has 1 aromatic rings. The number of nitrogens with one attached hydrogen (secondary N) is 1. The zero-order chi connectivity index (χ0) is 15.7. The molecule has 0 aliphatic rings.